The van der Waals surface area contributed by atoms with Gasteiger partial charge >= 0.3 is 0 Å². The number of rotatable bonds is 2. The summed E-state index contributed by atoms with van der Waals surface area (Å²) in [6.07, 6.45) is 3.38. The second kappa shape index (κ2) is 5.53. The predicted molar refractivity (Wildman–Crippen MR) is 86.4 cm³/mol. The zero-order valence-corrected chi connectivity index (χ0v) is 13.0. The van der Waals surface area contributed by atoms with Crippen LogP contribution in [0.1, 0.15) is 11.3 Å². The molecule has 7 heteroatoms. The van der Waals surface area contributed by atoms with E-state index in [4.69, 9.17) is 10.00 Å². The first-order valence-corrected chi connectivity index (χ1v) is 7.37. The maximum absolute atomic E-state index is 14.0. The van der Waals surface area contributed by atoms with Crippen LogP contribution in [-0.4, -0.2) is 14.4 Å². The van der Waals surface area contributed by atoms with Crippen LogP contribution in [0.5, 0.6) is 11.5 Å². The Hall–Kier alpha value is -3.53. The Balaban J connectivity index is 1.88. The van der Waals surface area contributed by atoms with Crippen molar-refractivity contribution in [2.24, 2.45) is 0 Å². The Labute approximate surface area is 140 Å². The number of nitriles is 1. The van der Waals surface area contributed by atoms with Crippen molar-refractivity contribution in [2.45, 2.75) is 6.92 Å². The van der Waals surface area contributed by atoms with Gasteiger partial charge in [-0.05, 0) is 37.3 Å². The molecule has 5 nitrogen and oxygen atoms in total. The van der Waals surface area contributed by atoms with Crippen LogP contribution >= 0.6 is 0 Å². The SMILES string of the molecule is Cc1cnc2c3cc(Oc4c(F)ccc(F)c4C#N)ccc3ncn12. The van der Waals surface area contributed by atoms with Crippen LogP contribution in [-0.2, 0) is 0 Å². The molecule has 0 radical (unpaired) electrons. The van der Waals surface area contributed by atoms with Crippen molar-refractivity contribution in [3.8, 4) is 17.6 Å². The van der Waals surface area contributed by atoms with Gasteiger partial charge in [-0.15, -0.1) is 0 Å². The molecule has 0 saturated heterocycles. The van der Waals surface area contributed by atoms with Gasteiger partial charge in [0.25, 0.3) is 0 Å². The molecule has 0 N–H and O–H groups in total. The summed E-state index contributed by atoms with van der Waals surface area (Å²) >= 11 is 0. The standard InChI is InChI=1S/C18H10F2N4O/c1-10-8-22-18-12-6-11(2-5-16(12)23-9-24(10)18)25-17-13(7-21)14(19)3-4-15(17)20/h2-6,8-9H,1H3. The molecule has 0 saturated carbocycles. The highest BCUT2D eigenvalue weighted by Crippen LogP contribution is 2.32. The second-order valence-electron chi connectivity index (χ2n) is 5.46. The molecule has 0 unspecified atom stereocenters. The maximum Gasteiger partial charge on any atom is 0.183 e. The van der Waals surface area contributed by atoms with Gasteiger partial charge in [-0.3, -0.25) is 4.40 Å². The van der Waals surface area contributed by atoms with Crippen molar-refractivity contribution in [3.63, 3.8) is 0 Å². The number of imidazole rings is 1. The average molecular weight is 336 g/mol. The average Bonchev–Trinajstić information content (AvgIpc) is 3.00. The van der Waals surface area contributed by atoms with Crippen LogP contribution < -0.4 is 4.74 Å². The number of hydrogen-bond acceptors (Lipinski definition) is 4. The molecule has 122 valence electrons. The summed E-state index contributed by atoms with van der Waals surface area (Å²) in [5, 5.41) is 9.76. The number of aromatic nitrogens is 3. The summed E-state index contributed by atoms with van der Waals surface area (Å²) in [4.78, 5) is 8.68. The molecular formula is C18H10F2N4O. The van der Waals surface area contributed by atoms with Crippen LogP contribution in [0.25, 0.3) is 16.6 Å². The Bertz CT molecular complexity index is 1180. The molecule has 25 heavy (non-hydrogen) atoms. The van der Waals surface area contributed by atoms with Crippen molar-refractivity contribution in [2.75, 3.05) is 0 Å². The van der Waals surface area contributed by atoms with Gasteiger partial charge in [0.05, 0.1) is 5.52 Å². The van der Waals surface area contributed by atoms with Gasteiger partial charge in [-0.1, -0.05) is 0 Å². The molecule has 2 aromatic carbocycles. The Morgan fingerprint density at radius 2 is 1.92 bits per heavy atom. The van der Waals surface area contributed by atoms with Crippen LogP contribution in [0.4, 0.5) is 8.78 Å². The van der Waals surface area contributed by atoms with E-state index in [0.717, 1.165) is 17.8 Å². The summed E-state index contributed by atoms with van der Waals surface area (Å²) in [5.41, 5.74) is 1.80. The van der Waals surface area contributed by atoms with Crippen molar-refractivity contribution < 1.29 is 13.5 Å². The fourth-order valence-corrected chi connectivity index (χ4v) is 2.64. The smallest absolute Gasteiger partial charge is 0.183 e. The molecule has 0 amide bonds. The van der Waals surface area contributed by atoms with Gasteiger partial charge in [0.15, 0.2) is 11.6 Å². The minimum absolute atomic E-state index is 0.254. The second-order valence-corrected chi connectivity index (χ2v) is 5.46. The number of halogens is 2. The van der Waals surface area contributed by atoms with Gasteiger partial charge in [0, 0.05) is 17.3 Å². The Morgan fingerprint density at radius 3 is 2.72 bits per heavy atom. The number of benzene rings is 2. The van der Waals surface area contributed by atoms with E-state index in [1.165, 1.54) is 0 Å². The largest absolute Gasteiger partial charge is 0.453 e. The first kappa shape index (κ1) is 15.0. The lowest BCUT2D eigenvalue weighted by atomic mass is 10.2. The van der Waals surface area contributed by atoms with Crippen LogP contribution in [0.15, 0.2) is 42.9 Å². The summed E-state index contributed by atoms with van der Waals surface area (Å²) in [7, 11) is 0. The minimum atomic E-state index is -0.840. The Kier molecular flexibility index (Phi) is 3.32. The van der Waals surface area contributed by atoms with E-state index in [-0.39, 0.29) is 5.75 Å². The van der Waals surface area contributed by atoms with E-state index in [1.54, 1.807) is 36.8 Å². The third-order valence-electron chi connectivity index (χ3n) is 3.89. The van der Waals surface area contributed by atoms with Crippen LogP contribution in [0.3, 0.4) is 0 Å². The van der Waals surface area contributed by atoms with E-state index in [0.29, 0.717) is 16.6 Å². The molecule has 0 spiro atoms. The lowest BCUT2D eigenvalue weighted by molar-refractivity contribution is 0.435. The van der Waals surface area contributed by atoms with E-state index in [2.05, 4.69) is 9.97 Å². The first-order chi connectivity index (χ1) is 12.1. The summed E-state index contributed by atoms with van der Waals surface area (Å²) in [5.74, 6) is -1.84. The highest BCUT2D eigenvalue weighted by atomic mass is 19.1. The minimum Gasteiger partial charge on any atom is -0.453 e. The normalized spacial score (nSPS) is 11.0. The quantitative estimate of drug-likeness (QED) is 0.552. The topological polar surface area (TPSA) is 63.2 Å². The number of ether oxygens (including phenoxy) is 1. The van der Waals surface area contributed by atoms with E-state index in [9.17, 15) is 8.78 Å². The fraction of sp³-hybridized carbons (Fsp3) is 0.0556. The monoisotopic (exact) mass is 336 g/mol. The van der Waals surface area contributed by atoms with Crippen molar-refractivity contribution >= 4 is 16.6 Å². The van der Waals surface area contributed by atoms with Crippen LogP contribution in [0.2, 0.25) is 0 Å². The molecule has 0 aliphatic rings. The maximum atomic E-state index is 14.0. The zero-order chi connectivity index (χ0) is 17.6. The number of hydrogen-bond donors (Lipinski definition) is 0. The molecule has 4 aromatic rings. The molecule has 4 rings (SSSR count). The van der Waals surface area contributed by atoms with Crippen molar-refractivity contribution in [3.05, 3.63) is 65.7 Å². The number of fused-ring (bicyclic) bond motifs is 3. The zero-order valence-electron chi connectivity index (χ0n) is 13.0. The summed E-state index contributed by atoms with van der Waals surface area (Å²) in [6, 6.07) is 8.34. The molecule has 0 atom stereocenters. The molecule has 2 aromatic heterocycles. The molecule has 2 heterocycles. The van der Waals surface area contributed by atoms with Gasteiger partial charge < -0.3 is 4.74 Å². The predicted octanol–water partition coefficient (Wildman–Crippen LogP) is 4.13. The summed E-state index contributed by atoms with van der Waals surface area (Å²) in [6.45, 7) is 1.90. The van der Waals surface area contributed by atoms with E-state index >= 15 is 0 Å². The molecule has 0 aliphatic carbocycles. The van der Waals surface area contributed by atoms with Gasteiger partial charge in [-0.2, -0.15) is 5.26 Å². The van der Waals surface area contributed by atoms with Gasteiger partial charge in [0.1, 0.15) is 35.2 Å². The van der Waals surface area contributed by atoms with E-state index < -0.39 is 22.9 Å². The molecule has 0 bridgehead atoms. The Morgan fingerprint density at radius 1 is 1.12 bits per heavy atom. The highest BCUT2D eigenvalue weighted by Gasteiger charge is 2.16. The van der Waals surface area contributed by atoms with Gasteiger partial charge in [0.2, 0.25) is 0 Å². The lowest BCUT2D eigenvalue weighted by Crippen LogP contribution is -1.96. The lowest BCUT2D eigenvalue weighted by Gasteiger charge is -2.10. The molecular weight excluding hydrogens is 326 g/mol. The third kappa shape index (κ3) is 2.35. The molecule has 0 aliphatic heterocycles. The fourth-order valence-electron chi connectivity index (χ4n) is 2.64. The first-order valence-electron chi connectivity index (χ1n) is 7.37. The van der Waals surface area contributed by atoms with Crippen LogP contribution in [0, 0.1) is 29.9 Å². The van der Waals surface area contributed by atoms with E-state index in [1.807, 2.05) is 11.3 Å². The highest BCUT2D eigenvalue weighted by molar-refractivity contribution is 5.92. The van der Waals surface area contributed by atoms with Crippen molar-refractivity contribution in [1.82, 2.24) is 14.4 Å². The van der Waals surface area contributed by atoms with Crippen molar-refractivity contribution in [1.29, 1.82) is 5.26 Å². The number of nitrogens with zero attached hydrogens (tertiary/aromatic N) is 4. The summed E-state index contributed by atoms with van der Waals surface area (Å²) < 4.78 is 35.0. The van der Waals surface area contributed by atoms with Gasteiger partial charge in [-0.25, -0.2) is 18.7 Å². The molecule has 0 fully saturated rings. The number of aryl methyl sites for hydroxylation is 1. The third-order valence-corrected chi connectivity index (χ3v) is 3.89.